The number of aliphatic hydroxyl groups is 1. The van der Waals surface area contributed by atoms with Gasteiger partial charge in [-0.05, 0) is 6.92 Å². The fourth-order valence-electron chi connectivity index (χ4n) is 0.982. The molecule has 1 aromatic carbocycles. The first-order chi connectivity index (χ1) is 6.13. The molecule has 0 aliphatic heterocycles. The zero-order chi connectivity index (χ0) is 9.84. The van der Waals surface area contributed by atoms with Crippen LogP contribution in [0.1, 0.15) is 17.3 Å². The van der Waals surface area contributed by atoms with E-state index in [1.807, 2.05) is 6.07 Å². The second-order valence-corrected chi connectivity index (χ2v) is 3.54. The number of benzene rings is 1. The van der Waals surface area contributed by atoms with Crippen molar-refractivity contribution >= 4 is 17.4 Å². The highest BCUT2D eigenvalue weighted by atomic mass is 35.5. The zero-order valence-corrected chi connectivity index (χ0v) is 8.03. The summed E-state index contributed by atoms with van der Waals surface area (Å²) in [6, 6.07) is 8.63. The Balaban J connectivity index is 2.80. The van der Waals surface area contributed by atoms with E-state index >= 15 is 0 Å². The van der Waals surface area contributed by atoms with Crippen LogP contribution in [0, 0.1) is 0 Å². The van der Waals surface area contributed by atoms with Gasteiger partial charge in [0.25, 0.3) is 0 Å². The Morgan fingerprint density at radius 2 is 1.92 bits per heavy atom. The fourth-order valence-corrected chi connectivity index (χ4v) is 1.10. The third kappa shape index (κ3) is 2.54. The predicted octanol–water partition coefficient (Wildman–Crippen LogP) is 1.86. The van der Waals surface area contributed by atoms with Gasteiger partial charge in [0, 0.05) is 5.56 Å². The molecule has 0 aromatic heterocycles. The van der Waals surface area contributed by atoms with E-state index in [0.717, 1.165) is 0 Å². The van der Waals surface area contributed by atoms with Crippen LogP contribution in [-0.2, 0) is 0 Å². The first kappa shape index (κ1) is 10.2. The van der Waals surface area contributed by atoms with E-state index in [0.29, 0.717) is 5.56 Å². The molecule has 0 heterocycles. The number of rotatable bonds is 3. The second-order valence-electron chi connectivity index (χ2n) is 2.85. The smallest absolute Gasteiger partial charge is 0.192 e. The first-order valence-electron chi connectivity index (χ1n) is 4.04. The highest BCUT2D eigenvalue weighted by Gasteiger charge is 2.21. The largest absolute Gasteiger partial charge is 0.383 e. The molecule has 70 valence electrons. The molecule has 2 atom stereocenters. The molecule has 0 aliphatic rings. The molecule has 2 unspecified atom stereocenters. The van der Waals surface area contributed by atoms with Gasteiger partial charge in [-0.2, -0.15) is 0 Å². The monoisotopic (exact) mass is 198 g/mol. The second kappa shape index (κ2) is 4.40. The number of alkyl halides is 1. The van der Waals surface area contributed by atoms with E-state index in [2.05, 4.69) is 0 Å². The van der Waals surface area contributed by atoms with Crippen LogP contribution in [0.5, 0.6) is 0 Å². The average molecular weight is 199 g/mol. The summed E-state index contributed by atoms with van der Waals surface area (Å²) in [7, 11) is 0. The topological polar surface area (TPSA) is 37.3 Å². The van der Waals surface area contributed by atoms with Gasteiger partial charge in [-0.3, -0.25) is 4.79 Å². The number of carbonyl (C=O) groups excluding carboxylic acids is 1. The van der Waals surface area contributed by atoms with Crippen LogP contribution >= 0.6 is 11.6 Å². The molecule has 3 heteroatoms. The van der Waals surface area contributed by atoms with Crippen molar-refractivity contribution in [1.29, 1.82) is 0 Å². The van der Waals surface area contributed by atoms with Crippen molar-refractivity contribution in [3.8, 4) is 0 Å². The number of Topliss-reactive ketones (excluding diaryl/α,β-unsaturated/α-hetero) is 1. The first-order valence-corrected chi connectivity index (χ1v) is 4.48. The molecule has 13 heavy (non-hydrogen) atoms. The van der Waals surface area contributed by atoms with E-state index < -0.39 is 11.5 Å². The Bertz CT molecular complexity index is 282. The summed E-state index contributed by atoms with van der Waals surface area (Å²) in [5.74, 6) is -0.330. The normalized spacial score (nSPS) is 15.0. The lowest BCUT2D eigenvalue weighted by Crippen LogP contribution is -2.28. The van der Waals surface area contributed by atoms with Gasteiger partial charge in [0.1, 0.15) is 6.10 Å². The maximum atomic E-state index is 11.5. The summed E-state index contributed by atoms with van der Waals surface area (Å²) in [5, 5.41) is 8.80. The third-order valence-corrected chi connectivity index (χ3v) is 2.00. The van der Waals surface area contributed by atoms with Crippen LogP contribution in [0.15, 0.2) is 30.3 Å². The van der Waals surface area contributed by atoms with E-state index in [-0.39, 0.29) is 5.78 Å². The third-order valence-electron chi connectivity index (χ3n) is 1.76. The molecule has 0 saturated heterocycles. The molecular formula is C10H11ClO2. The fraction of sp³-hybridized carbons (Fsp3) is 0.300. The molecule has 0 spiro atoms. The van der Waals surface area contributed by atoms with Crippen molar-refractivity contribution in [2.75, 3.05) is 0 Å². The molecule has 0 saturated carbocycles. The summed E-state index contributed by atoms with van der Waals surface area (Å²) in [4.78, 5) is 11.5. The number of hydrogen-bond donors (Lipinski definition) is 1. The van der Waals surface area contributed by atoms with Gasteiger partial charge in [-0.15, -0.1) is 11.6 Å². The van der Waals surface area contributed by atoms with Crippen LogP contribution in [0.3, 0.4) is 0 Å². The number of ketones is 1. The number of halogens is 1. The summed E-state index contributed by atoms with van der Waals surface area (Å²) in [6.45, 7) is 1.59. The van der Waals surface area contributed by atoms with Crippen molar-refractivity contribution in [2.24, 2.45) is 0 Å². The summed E-state index contributed by atoms with van der Waals surface area (Å²) in [5.41, 5.74) is 0.488. The highest BCUT2D eigenvalue weighted by molar-refractivity contribution is 6.23. The Morgan fingerprint density at radius 1 is 1.38 bits per heavy atom. The molecular weight excluding hydrogens is 188 g/mol. The number of carbonyl (C=O) groups is 1. The van der Waals surface area contributed by atoms with E-state index in [1.54, 1.807) is 31.2 Å². The van der Waals surface area contributed by atoms with E-state index in [4.69, 9.17) is 11.6 Å². The minimum absolute atomic E-state index is 0.330. The molecule has 0 radical (unpaired) electrons. The standard InChI is InChI=1S/C10H11ClO2/c1-7(11)9(12)10(13)8-5-3-2-4-6-8/h2-7,9,12H,1H3. The molecule has 0 bridgehead atoms. The molecule has 2 nitrogen and oxygen atoms in total. The molecule has 0 fully saturated rings. The Labute approximate surface area is 82.2 Å². The van der Waals surface area contributed by atoms with Gasteiger partial charge in [0.15, 0.2) is 5.78 Å². The number of aliphatic hydroxyl groups excluding tert-OH is 1. The minimum Gasteiger partial charge on any atom is -0.383 e. The van der Waals surface area contributed by atoms with Crippen LogP contribution < -0.4 is 0 Å². The summed E-state index contributed by atoms with van der Waals surface area (Å²) >= 11 is 5.60. The van der Waals surface area contributed by atoms with Gasteiger partial charge in [-0.25, -0.2) is 0 Å². The van der Waals surface area contributed by atoms with Crippen molar-refractivity contribution in [1.82, 2.24) is 0 Å². The van der Waals surface area contributed by atoms with E-state index in [1.165, 1.54) is 0 Å². The Hall–Kier alpha value is -0.860. The summed E-state index contributed by atoms with van der Waals surface area (Å²) in [6.07, 6.45) is -1.12. The van der Waals surface area contributed by atoms with E-state index in [9.17, 15) is 9.90 Å². The molecule has 1 aromatic rings. The SMILES string of the molecule is CC(Cl)C(O)C(=O)c1ccccc1. The lowest BCUT2D eigenvalue weighted by Gasteiger charge is -2.10. The summed E-state index contributed by atoms with van der Waals surface area (Å²) < 4.78 is 0. The van der Waals surface area contributed by atoms with Crippen LogP contribution in [-0.4, -0.2) is 22.4 Å². The van der Waals surface area contributed by atoms with Gasteiger partial charge < -0.3 is 5.11 Å². The molecule has 0 aliphatic carbocycles. The Morgan fingerprint density at radius 3 is 2.38 bits per heavy atom. The average Bonchev–Trinajstić information content (AvgIpc) is 2.17. The maximum Gasteiger partial charge on any atom is 0.192 e. The predicted molar refractivity (Wildman–Crippen MR) is 52.1 cm³/mol. The van der Waals surface area contributed by atoms with Crippen molar-refractivity contribution < 1.29 is 9.90 Å². The van der Waals surface area contributed by atoms with Crippen LogP contribution in [0.25, 0.3) is 0 Å². The Kier molecular flexibility index (Phi) is 3.46. The van der Waals surface area contributed by atoms with Gasteiger partial charge in [0.2, 0.25) is 0 Å². The van der Waals surface area contributed by atoms with Gasteiger partial charge in [-0.1, -0.05) is 30.3 Å². The lowest BCUT2D eigenvalue weighted by atomic mass is 10.0. The van der Waals surface area contributed by atoms with Crippen LogP contribution in [0.4, 0.5) is 0 Å². The van der Waals surface area contributed by atoms with Crippen molar-refractivity contribution in [2.45, 2.75) is 18.4 Å². The number of hydrogen-bond acceptors (Lipinski definition) is 2. The highest BCUT2D eigenvalue weighted by Crippen LogP contribution is 2.09. The minimum atomic E-state index is -1.12. The molecule has 1 rings (SSSR count). The van der Waals surface area contributed by atoms with Gasteiger partial charge in [0.05, 0.1) is 5.38 Å². The van der Waals surface area contributed by atoms with Gasteiger partial charge >= 0.3 is 0 Å². The molecule has 0 amide bonds. The van der Waals surface area contributed by atoms with Crippen LogP contribution in [0.2, 0.25) is 0 Å². The lowest BCUT2D eigenvalue weighted by molar-refractivity contribution is 0.0747. The molecule has 1 N–H and O–H groups in total. The van der Waals surface area contributed by atoms with Crippen molar-refractivity contribution in [3.05, 3.63) is 35.9 Å². The maximum absolute atomic E-state index is 11.5. The zero-order valence-electron chi connectivity index (χ0n) is 7.27. The van der Waals surface area contributed by atoms with Crippen molar-refractivity contribution in [3.63, 3.8) is 0 Å². The quantitative estimate of drug-likeness (QED) is 0.595.